The van der Waals surface area contributed by atoms with E-state index in [0.717, 1.165) is 22.3 Å². The zero-order chi connectivity index (χ0) is 31.4. The summed E-state index contributed by atoms with van der Waals surface area (Å²) in [6.07, 6.45) is 5.71. The number of allylic oxidation sites excluding steroid dienone is 2. The molecule has 3 aromatic carbocycles. The predicted octanol–water partition coefficient (Wildman–Crippen LogP) is 4.39. The van der Waals surface area contributed by atoms with Gasteiger partial charge in [-0.3, -0.25) is 14.4 Å². The zero-order valence-electron chi connectivity index (χ0n) is 25.6. The normalized spacial score (nSPS) is 22.4. The van der Waals surface area contributed by atoms with Crippen molar-refractivity contribution >= 4 is 17.8 Å². The average Bonchev–Trinajstić information content (AvgIpc) is 3.07. The van der Waals surface area contributed by atoms with Gasteiger partial charge in [0, 0.05) is 13.0 Å². The van der Waals surface area contributed by atoms with Crippen molar-refractivity contribution in [1.29, 1.82) is 0 Å². The molecular weight excluding hydrogens is 568 g/mol. The summed E-state index contributed by atoms with van der Waals surface area (Å²) in [5.41, 5.74) is 4.22. The first kappa shape index (κ1) is 32.1. The lowest BCUT2D eigenvalue weighted by molar-refractivity contribution is -0.150. The molecule has 0 bridgehead atoms. The van der Waals surface area contributed by atoms with Gasteiger partial charge in [-0.15, -0.1) is 0 Å². The minimum atomic E-state index is -0.635. The van der Waals surface area contributed by atoms with Crippen LogP contribution in [0.2, 0.25) is 0 Å². The maximum absolute atomic E-state index is 13.7. The summed E-state index contributed by atoms with van der Waals surface area (Å²) in [6, 6.07) is 26.6. The number of hydrogen-bond acceptors (Lipinski definition) is 6. The van der Waals surface area contributed by atoms with Crippen LogP contribution in [0.15, 0.2) is 97.1 Å². The first-order chi connectivity index (χ1) is 22.0. The first-order valence-electron chi connectivity index (χ1n) is 15.7. The van der Waals surface area contributed by atoms with E-state index in [1.54, 1.807) is 4.90 Å². The highest BCUT2D eigenvalue weighted by atomic mass is 16.5. The SMILES string of the molecule is O=C1N[C@@H](COCc2ccccc2)COC(=O)[C@@H](Cc2ccccc2)CC=CC[C@@H]1CC(=O)N1Cc2ccccc2C[C@H]1CO. The zero-order valence-corrected chi connectivity index (χ0v) is 25.6. The van der Waals surface area contributed by atoms with Crippen molar-refractivity contribution < 1.29 is 29.0 Å². The maximum atomic E-state index is 13.7. The molecule has 0 aliphatic carbocycles. The number of hydrogen-bond donors (Lipinski definition) is 2. The minimum Gasteiger partial charge on any atom is -0.463 e. The second kappa shape index (κ2) is 16.2. The molecule has 8 heteroatoms. The number of amides is 2. The molecule has 8 nitrogen and oxygen atoms in total. The number of aliphatic hydroxyl groups excluding tert-OH is 1. The molecule has 2 heterocycles. The highest BCUT2D eigenvalue weighted by molar-refractivity contribution is 5.86. The molecule has 236 valence electrons. The fourth-order valence-corrected chi connectivity index (χ4v) is 5.98. The predicted molar refractivity (Wildman–Crippen MR) is 171 cm³/mol. The fraction of sp³-hybridized carbons (Fsp3) is 0.378. The van der Waals surface area contributed by atoms with E-state index in [4.69, 9.17) is 9.47 Å². The van der Waals surface area contributed by atoms with Gasteiger partial charge in [0.2, 0.25) is 11.8 Å². The largest absolute Gasteiger partial charge is 0.463 e. The quantitative estimate of drug-likeness (QED) is 0.275. The van der Waals surface area contributed by atoms with Gasteiger partial charge in [-0.2, -0.15) is 0 Å². The van der Waals surface area contributed by atoms with E-state index in [0.29, 0.717) is 38.8 Å². The van der Waals surface area contributed by atoms with Crippen LogP contribution in [0.3, 0.4) is 0 Å². The molecule has 0 fully saturated rings. The molecule has 2 N–H and O–H groups in total. The number of nitrogens with one attached hydrogen (secondary N) is 1. The van der Waals surface area contributed by atoms with Crippen LogP contribution in [0.4, 0.5) is 0 Å². The van der Waals surface area contributed by atoms with Crippen molar-refractivity contribution in [3.63, 3.8) is 0 Å². The van der Waals surface area contributed by atoms with Gasteiger partial charge in [-0.05, 0) is 47.9 Å². The Balaban J connectivity index is 1.31. The van der Waals surface area contributed by atoms with Crippen molar-refractivity contribution in [3.8, 4) is 0 Å². The smallest absolute Gasteiger partial charge is 0.309 e. The number of ether oxygens (including phenoxy) is 2. The Bertz CT molecular complexity index is 1440. The van der Waals surface area contributed by atoms with E-state index in [-0.39, 0.29) is 56.0 Å². The van der Waals surface area contributed by atoms with E-state index < -0.39 is 12.0 Å². The Hall–Kier alpha value is -4.27. The molecule has 2 amide bonds. The monoisotopic (exact) mass is 610 g/mol. The molecule has 0 unspecified atom stereocenters. The number of cyclic esters (lactones) is 1. The van der Waals surface area contributed by atoms with Crippen LogP contribution >= 0.6 is 0 Å². The summed E-state index contributed by atoms with van der Waals surface area (Å²) >= 11 is 0. The molecule has 0 saturated carbocycles. The lowest BCUT2D eigenvalue weighted by Gasteiger charge is -2.36. The van der Waals surface area contributed by atoms with Crippen molar-refractivity contribution in [1.82, 2.24) is 10.2 Å². The molecule has 0 aromatic heterocycles. The number of fused-ring (bicyclic) bond motifs is 1. The highest BCUT2D eigenvalue weighted by Gasteiger charge is 2.33. The molecule has 3 aromatic rings. The van der Waals surface area contributed by atoms with E-state index in [1.165, 1.54) is 0 Å². The second-order valence-corrected chi connectivity index (χ2v) is 11.9. The van der Waals surface area contributed by atoms with Crippen molar-refractivity contribution in [2.45, 2.75) is 57.3 Å². The number of esters is 1. The van der Waals surface area contributed by atoms with Crippen LogP contribution in [-0.4, -0.2) is 59.7 Å². The Morgan fingerprint density at radius 1 is 0.867 bits per heavy atom. The van der Waals surface area contributed by atoms with Crippen LogP contribution in [0.25, 0.3) is 0 Å². The average molecular weight is 611 g/mol. The number of carbonyl (C=O) groups excluding carboxylic acids is 3. The van der Waals surface area contributed by atoms with Gasteiger partial charge < -0.3 is 24.8 Å². The lowest BCUT2D eigenvalue weighted by Crippen LogP contribution is -2.49. The number of carbonyl (C=O) groups is 3. The molecule has 45 heavy (non-hydrogen) atoms. The van der Waals surface area contributed by atoms with Crippen LogP contribution < -0.4 is 5.32 Å². The Kier molecular flexibility index (Phi) is 11.5. The Morgan fingerprint density at radius 2 is 1.51 bits per heavy atom. The number of rotatable bonds is 9. The maximum Gasteiger partial charge on any atom is 0.309 e. The standard InChI is InChI=1S/C37H42N2O6/c40-23-34-20-29-15-7-10-18-32(29)22-39(34)35(41)21-30-16-8-9-17-31(19-27-11-3-1-4-12-27)37(43)45-26-33(38-36(30)42)25-44-24-28-13-5-2-6-14-28/h1-15,18,30-31,33-34,40H,16-17,19-26H2,(H,38,42)/t30-,31-,33+,34+/m1/s1. The molecular formula is C37H42N2O6. The summed E-state index contributed by atoms with van der Waals surface area (Å²) in [5, 5.41) is 13.1. The molecule has 0 saturated heterocycles. The Labute approximate surface area is 265 Å². The minimum absolute atomic E-state index is 0.000333. The van der Waals surface area contributed by atoms with E-state index in [1.807, 2.05) is 97.1 Å². The molecule has 2 aliphatic rings. The van der Waals surface area contributed by atoms with E-state index >= 15 is 0 Å². The molecule has 2 aliphatic heterocycles. The summed E-state index contributed by atoms with van der Waals surface area (Å²) < 4.78 is 11.7. The van der Waals surface area contributed by atoms with Gasteiger partial charge in [0.25, 0.3) is 0 Å². The summed E-state index contributed by atoms with van der Waals surface area (Å²) in [6.45, 7) is 0.707. The highest BCUT2D eigenvalue weighted by Crippen LogP contribution is 2.26. The summed E-state index contributed by atoms with van der Waals surface area (Å²) in [5.74, 6) is -1.81. The topological polar surface area (TPSA) is 105 Å². The van der Waals surface area contributed by atoms with Gasteiger partial charge in [-0.25, -0.2) is 0 Å². The molecule has 0 spiro atoms. The Morgan fingerprint density at radius 3 is 2.22 bits per heavy atom. The van der Waals surface area contributed by atoms with Gasteiger partial charge in [0.1, 0.15) is 6.61 Å². The van der Waals surface area contributed by atoms with Crippen LogP contribution in [0, 0.1) is 11.8 Å². The summed E-state index contributed by atoms with van der Waals surface area (Å²) in [4.78, 5) is 42.3. The summed E-state index contributed by atoms with van der Waals surface area (Å²) in [7, 11) is 0. The first-order valence-corrected chi connectivity index (χ1v) is 15.7. The van der Waals surface area contributed by atoms with Crippen molar-refractivity contribution in [3.05, 3.63) is 119 Å². The van der Waals surface area contributed by atoms with Crippen LogP contribution in [0.5, 0.6) is 0 Å². The van der Waals surface area contributed by atoms with Gasteiger partial charge >= 0.3 is 5.97 Å². The van der Waals surface area contributed by atoms with Crippen molar-refractivity contribution in [2.75, 3.05) is 19.8 Å². The third-order valence-electron chi connectivity index (χ3n) is 8.55. The van der Waals surface area contributed by atoms with Gasteiger partial charge in [0.15, 0.2) is 0 Å². The second-order valence-electron chi connectivity index (χ2n) is 11.9. The van der Waals surface area contributed by atoms with Crippen LogP contribution in [-0.2, 0) is 49.9 Å². The fourth-order valence-electron chi connectivity index (χ4n) is 5.98. The molecule has 5 rings (SSSR count). The third kappa shape index (κ3) is 9.12. The van der Waals surface area contributed by atoms with Gasteiger partial charge in [-0.1, -0.05) is 97.1 Å². The van der Waals surface area contributed by atoms with E-state index in [9.17, 15) is 19.5 Å². The molecule has 4 atom stereocenters. The number of benzene rings is 3. The van der Waals surface area contributed by atoms with Gasteiger partial charge in [0.05, 0.1) is 43.7 Å². The van der Waals surface area contributed by atoms with E-state index in [2.05, 4.69) is 5.32 Å². The molecule has 0 radical (unpaired) electrons. The number of nitrogens with zero attached hydrogens (tertiary/aromatic N) is 1. The number of aliphatic hydroxyl groups is 1. The van der Waals surface area contributed by atoms with Crippen LogP contribution in [0.1, 0.15) is 41.5 Å². The third-order valence-corrected chi connectivity index (χ3v) is 8.55. The van der Waals surface area contributed by atoms with Crippen molar-refractivity contribution in [2.24, 2.45) is 11.8 Å². The lowest BCUT2D eigenvalue weighted by atomic mass is 9.92.